The zero-order valence-corrected chi connectivity index (χ0v) is 14.1. The lowest BCUT2D eigenvalue weighted by molar-refractivity contribution is 0.338. The summed E-state index contributed by atoms with van der Waals surface area (Å²) in [5.41, 5.74) is 3.68. The van der Waals surface area contributed by atoms with Gasteiger partial charge in [-0.2, -0.15) is 0 Å². The van der Waals surface area contributed by atoms with Crippen LogP contribution in [0.1, 0.15) is 31.3 Å². The molecule has 0 saturated carbocycles. The third-order valence-corrected chi connectivity index (χ3v) is 4.25. The standard InChI is InChI=1S/C19H18N4O2/c1-3-14-11-19(25-21-14)13(2)23-12-17(20-22-23)15-7-4-5-8-16(15)18-9-6-10-24-18/h4-13H,3H2,1-2H3/t13-/m1/s1. The van der Waals surface area contributed by atoms with Crippen molar-refractivity contribution in [2.45, 2.75) is 26.3 Å². The third-order valence-electron chi connectivity index (χ3n) is 4.25. The summed E-state index contributed by atoms with van der Waals surface area (Å²) < 4.78 is 12.7. The van der Waals surface area contributed by atoms with E-state index in [1.807, 2.05) is 62.5 Å². The first-order valence-corrected chi connectivity index (χ1v) is 8.27. The number of aromatic nitrogens is 4. The Bertz CT molecular complexity index is 969. The van der Waals surface area contributed by atoms with Crippen molar-refractivity contribution in [1.29, 1.82) is 0 Å². The minimum absolute atomic E-state index is 0.0789. The number of hydrogen-bond donors (Lipinski definition) is 0. The van der Waals surface area contributed by atoms with E-state index in [2.05, 4.69) is 15.5 Å². The van der Waals surface area contributed by atoms with Gasteiger partial charge >= 0.3 is 0 Å². The molecule has 3 heterocycles. The van der Waals surface area contributed by atoms with Gasteiger partial charge in [-0.25, -0.2) is 4.68 Å². The van der Waals surface area contributed by atoms with E-state index < -0.39 is 0 Å². The lowest BCUT2D eigenvalue weighted by Gasteiger charge is -2.06. The maximum Gasteiger partial charge on any atom is 0.161 e. The number of benzene rings is 1. The molecule has 0 saturated heterocycles. The summed E-state index contributed by atoms with van der Waals surface area (Å²) in [6.07, 6.45) is 4.43. The van der Waals surface area contributed by atoms with E-state index in [-0.39, 0.29) is 6.04 Å². The van der Waals surface area contributed by atoms with Crippen LogP contribution in [0.5, 0.6) is 0 Å². The molecule has 0 N–H and O–H groups in total. The second-order valence-corrected chi connectivity index (χ2v) is 5.86. The topological polar surface area (TPSA) is 69.9 Å². The van der Waals surface area contributed by atoms with Gasteiger partial charge < -0.3 is 8.94 Å². The molecule has 0 aliphatic carbocycles. The second kappa shape index (κ2) is 6.39. The van der Waals surface area contributed by atoms with Crippen LogP contribution in [-0.2, 0) is 6.42 Å². The molecule has 0 fully saturated rings. The first-order valence-electron chi connectivity index (χ1n) is 8.27. The Morgan fingerprint density at radius 3 is 2.68 bits per heavy atom. The Balaban J connectivity index is 1.68. The van der Waals surface area contributed by atoms with Crippen LogP contribution in [0.3, 0.4) is 0 Å². The molecule has 0 radical (unpaired) electrons. The maximum atomic E-state index is 5.54. The molecular weight excluding hydrogens is 316 g/mol. The highest BCUT2D eigenvalue weighted by Crippen LogP contribution is 2.31. The average Bonchev–Trinajstić information content (AvgIpc) is 3.42. The predicted octanol–water partition coefficient (Wildman–Crippen LogP) is 4.36. The highest BCUT2D eigenvalue weighted by molar-refractivity contribution is 5.78. The van der Waals surface area contributed by atoms with E-state index in [4.69, 9.17) is 8.94 Å². The van der Waals surface area contributed by atoms with Crippen molar-refractivity contribution in [2.75, 3.05) is 0 Å². The van der Waals surface area contributed by atoms with Gasteiger partial charge in [-0.05, 0) is 25.5 Å². The maximum absolute atomic E-state index is 5.54. The summed E-state index contributed by atoms with van der Waals surface area (Å²) >= 11 is 0. The van der Waals surface area contributed by atoms with Crippen molar-refractivity contribution in [1.82, 2.24) is 20.2 Å². The Labute approximate surface area is 145 Å². The summed E-state index contributed by atoms with van der Waals surface area (Å²) in [6, 6.07) is 13.7. The van der Waals surface area contributed by atoms with Gasteiger partial charge in [0.1, 0.15) is 17.5 Å². The number of nitrogens with zero attached hydrogens (tertiary/aromatic N) is 4. The van der Waals surface area contributed by atoms with E-state index in [9.17, 15) is 0 Å². The Kier molecular flexibility index (Phi) is 3.93. The Morgan fingerprint density at radius 2 is 1.96 bits per heavy atom. The SMILES string of the molecule is CCc1cc([C@@H](C)n2cc(-c3ccccc3-c3ccco3)nn2)on1. The minimum atomic E-state index is -0.0789. The highest BCUT2D eigenvalue weighted by atomic mass is 16.5. The molecule has 0 amide bonds. The van der Waals surface area contributed by atoms with Gasteiger partial charge in [0.2, 0.25) is 0 Å². The lowest BCUT2D eigenvalue weighted by atomic mass is 10.0. The fourth-order valence-corrected chi connectivity index (χ4v) is 2.76. The molecule has 0 bridgehead atoms. The molecule has 0 spiro atoms. The van der Waals surface area contributed by atoms with Crippen LogP contribution in [0.25, 0.3) is 22.6 Å². The third kappa shape index (κ3) is 2.87. The van der Waals surface area contributed by atoms with E-state index in [1.54, 1.807) is 10.9 Å². The van der Waals surface area contributed by atoms with Gasteiger partial charge in [-0.1, -0.05) is 41.6 Å². The smallest absolute Gasteiger partial charge is 0.161 e. The summed E-state index contributed by atoms with van der Waals surface area (Å²) in [5.74, 6) is 1.58. The number of hydrogen-bond acceptors (Lipinski definition) is 5. The van der Waals surface area contributed by atoms with Crippen LogP contribution in [-0.4, -0.2) is 20.2 Å². The van der Waals surface area contributed by atoms with Crippen molar-refractivity contribution in [3.63, 3.8) is 0 Å². The van der Waals surface area contributed by atoms with Gasteiger partial charge in [-0.3, -0.25) is 0 Å². The Hall–Kier alpha value is -3.15. The van der Waals surface area contributed by atoms with E-state index in [1.165, 1.54) is 0 Å². The van der Waals surface area contributed by atoms with Crippen LogP contribution in [0.2, 0.25) is 0 Å². The molecule has 126 valence electrons. The van der Waals surface area contributed by atoms with Crippen LogP contribution in [0, 0.1) is 0 Å². The van der Waals surface area contributed by atoms with E-state index in [0.29, 0.717) is 0 Å². The molecule has 6 nitrogen and oxygen atoms in total. The predicted molar refractivity (Wildman–Crippen MR) is 92.9 cm³/mol. The van der Waals surface area contributed by atoms with Crippen LogP contribution >= 0.6 is 0 Å². The summed E-state index contributed by atoms with van der Waals surface area (Å²) in [4.78, 5) is 0. The molecule has 1 aromatic carbocycles. The van der Waals surface area contributed by atoms with Crippen molar-refractivity contribution >= 4 is 0 Å². The molecule has 4 rings (SSSR count). The van der Waals surface area contributed by atoms with Gasteiger partial charge in [0, 0.05) is 17.2 Å². The van der Waals surface area contributed by atoms with Gasteiger partial charge in [0.15, 0.2) is 5.76 Å². The fourth-order valence-electron chi connectivity index (χ4n) is 2.76. The molecule has 3 aromatic heterocycles. The summed E-state index contributed by atoms with van der Waals surface area (Å²) in [6.45, 7) is 4.06. The van der Waals surface area contributed by atoms with Crippen LogP contribution < -0.4 is 0 Å². The molecule has 0 aliphatic heterocycles. The van der Waals surface area contributed by atoms with Crippen molar-refractivity contribution < 1.29 is 8.94 Å². The van der Waals surface area contributed by atoms with Crippen molar-refractivity contribution in [3.05, 3.63) is 66.4 Å². The minimum Gasteiger partial charge on any atom is -0.464 e. The largest absolute Gasteiger partial charge is 0.464 e. The molecule has 0 unspecified atom stereocenters. The summed E-state index contributed by atoms with van der Waals surface area (Å²) in [7, 11) is 0. The molecule has 6 heteroatoms. The zero-order chi connectivity index (χ0) is 17.2. The Morgan fingerprint density at radius 1 is 1.12 bits per heavy atom. The molecule has 1 atom stereocenters. The molecule has 4 aromatic rings. The highest BCUT2D eigenvalue weighted by Gasteiger charge is 2.18. The monoisotopic (exact) mass is 334 g/mol. The van der Waals surface area contributed by atoms with Crippen molar-refractivity contribution in [2.24, 2.45) is 0 Å². The van der Waals surface area contributed by atoms with Crippen molar-refractivity contribution in [3.8, 4) is 22.6 Å². The first-order chi connectivity index (χ1) is 12.3. The van der Waals surface area contributed by atoms with Gasteiger partial charge in [-0.15, -0.1) is 5.10 Å². The summed E-state index contributed by atoms with van der Waals surface area (Å²) in [5, 5.41) is 12.7. The average molecular weight is 334 g/mol. The van der Waals surface area contributed by atoms with E-state index >= 15 is 0 Å². The van der Waals surface area contributed by atoms with Gasteiger partial charge in [0.25, 0.3) is 0 Å². The first kappa shape index (κ1) is 15.4. The van der Waals surface area contributed by atoms with Gasteiger partial charge in [0.05, 0.1) is 18.2 Å². The fraction of sp³-hybridized carbons (Fsp3) is 0.211. The molecule has 25 heavy (non-hydrogen) atoms. The zero-order valence-electron chi connectivity index (χ0n) is 14.1. The van der Waals surface area contributed by atoms with E-state index in [0.717, 1.165) is 40.5 Å². The quantitative estimate of drug-likeness (QED) is 0.542. The number of rotatable bonds is 5. The molecular formula is C19H18N4O2. The number of aryl methyl sites for hydroxylation is 1. The normalized spacial score (nSPS) is 12.4. The van der Waals surface area contributed by atoms with Crippen LogP contribution in [0.4, 0.5) is 0 Å². The number of furan rings is 1. The second-order valence-electron chi connectivity index (χ2n) is 5.86. The lowest BCUT2D eigenvalue weighted by Crippen LogP contribution is -2.06. The van der Waals surface area contributed by atoms with Crippen LogP contribution in [0.15, 0.2) is 63.9 Å². The molecule has 0 aliphatic rings.